The lowest BCUT2D eigenvalue weighted by molar-refractivity contribution is 0.326. The van der Waals surface area contributed by atoms with E-state index in [1.807, 2.05) is 19.1 Å². The van der Waals surface area contributed by atoms with Crippen LogP contribution < -0.4 is 15.4 Å². The normalized spacial score (nSPS) is 10.8. The molecule has 0 saturated heterocycles. The average molecular weight is 420 g/mol. The highest BCUT2D eigenvalue weighted by Gasteiger charge is 1.99. The molecule has 0 fully saturated rings. The molecule has 0 radical (unpaired) electrons. The Kier molecular flexibility index (Phi) is 13.0. The molecule has 2 N–H and O–H groups in total. The number of pyridine rings is 1. The maximum Gasteiger partial charge on any atom is 0.213 e. The minimum atomic E-state index is 0. The van der Waals surface area contributed by atoms with Crippen LogP contribution in [0.1, 0.15) is 45.6 Å². The fraction of sp³-hybridized carbons (Fsp3) is 0.625. The van der Waals surface area contributed by atoms with Crippen LogP contribution in [-0.4, -0.2) is 30.6 Å². The van der Waals surface area contributed by atoms with Crippen molar-refractivity contribution in [3.63, 3.8) is 0 Å². The molecule has 0 aliphatic heterocycles. The molecule has 126 valence electrons. The molecule has 1 rings (SSSR count). The Morgan fingerprint density at radius 3 is 2.73 bits per heavy atom. The maximum absolute atomic E-state index is 5.40. The highest BCUT2D eigenvalue weighted by atomic mass is 127. The molecule has 0 bridgehead atoms. The van der Waals surface area contributed by atoms with Crippen molar-refractivity contribution in [3.8, 4) is 5.88 Å². The van der Waals surface area contributed by atoms with Crippen molar-refractivity contribution >= 4 is 29.9 Å². The van der Waals surface area contributed by atoms with Crippen LogP contribution in [0.4, 0.5) is 0 Å². The van der Waals surface area contributed by atoms with E-state index in [0.717, 1.165) is 24.6 Å². The lowest BCUT2D eigenvalue weighted by atomic mass is 10.2. The van der Waals surface area contributed by atoms with E-state index in [9.17, 15) is 0 Å². The molecule has 0 atom stereocenters. The Morgan fingerprint density at radius 2 is 2.05 bits per heavy atom. The Hall–Kier alpha value is -1.05. The molecule has 5 nitrogen and oxygen atoms in total. The van der Waals surface area contributed by atoms with Gasteiger partial charge >= 0.3 is 0 Å². The molecule has 0 spiro atoms. The van der Waals surface area contributed by atoms with Crippen LogP contribution in [0.5, 0.6) is 5.88 Å². The molecule has 0 amide bonds. The van der Waals surface area contributed by atoms with Crippen molar-refractivity contribution in [3.05, 3.63) is 23.9 Å². The maximum atomic E-state index is 5.40. The number of aliphatic imine (C=N–C) groups is 1. The van der Waals surface area contributed by atoms with Crippen LogP contribution in [0.2, 0.25) is 0 Å². The van der Waals surface area contributed by atoms with E-state index in [2.05, 4.69) is 34.5 Å². The number of nitrogens with zero attached hydrogens (tertiary/aromatic N) is 2. The largest absolute Gasteiger partial charge is 0.478 e. The molecular formula is C16H29IN4O. The van der Waals surface area contributed by atoms with Crippen LogP contribution in [0.15, 0.2) is 23.3 Å². The topological polar surface area (TPSA) is 58.5 Å². The fourth-order valence-electron chi connectivity index (χ4n) is 1.87. The molecule has 6 heteroatoms. The minimum absolute atomic E-state index is 0. The van der Waals surface area contributed by atoms with Gasteiger partial charge in [0.1, 0.15) is 0 Å². The second kappa shape index (κ2) is 13.6. The highest BCUT2D eigenvalue weighted by Crippen LogP contribution is 2.10. The van der Waals surface area contributed by atoms with Gasteiger partial charge in [0.05, 0.1) is 13.2 Å². The summed E-state index contributed by atoms with van der Waals surface area (Å²) in [5.74, 6) is 1.52. The number of hydrogen-bond acceptors (Lipinski definition) is 3. The summed E-state index contributed by atoms with van der Waals surface area (Å²) in [7, 11) is 0. The summed E-state index contributed by atoms with van der Waals surface area (Å²) < 4.78 is 5.40. The molecule has 22 heavy (non-hydrogen) atoms. The Morgan fingerprint density at radius 1 is 1.23 bits per heavy atom. The van der Waals surface area contributed by atoms with Crippen LogP contribution in [0, 0.1) is 0 Å². The summed E-state index contributed by atoms with van der Waals surface area (Å²) in [6.07, 6.45) is 5.41. The van der Waals surface area contributed by atoms with Gasteiger partial charge in [-0.15, -0.1) is 24.0 Å². The van der Waals surface area contributed by atoms with Crippen LogP contribution in [-0.2, 0) is 6.54 Å². The first-order valence-corrected chi connectivity index (χ1v) is 7.90. The number of hydrogen-bond donors (Lipinski definition) is 2. The third-order valence-electron chi connectivity index (χ3n) is 2.93. The van der Waals surface area contributed by atoms with Crippen molar-refractivity contribution in [2.24, 2.45) is 4.99 Å². The first kappa shape index (κ1) is 20.9. The van der Waals surface area contributed by atoms with E-state index in [4.69, 9.17) is 4.74 Å². The molecular weight excluding hydrogens is 391 g/mol. The van der Waals surface area contributed by atoms with Gasteiger partial charge in [0.15, 0.2) is 5.96 Å². The van der Waals surface area contributed by atoms with Gasteiger partial charge in [-0.25, -0.2) is 9.98 Å². The molecule has 0 saturated carbocycles. The van der Waals surface area contributed by atoms with Crippen molar-refractivity contribution in [2.75, 3.05) is 19.7 Å². The number of nitrogens with one attached hydrogen (secondary N) is 2. The average Bonchev–Trinajstić information content (AvgIpc) is 2.50. The van der Waals surface area contributed by atoms with Crippen molar-refractivity contribution < 1.29 is 4.74 Å². The van der Waals surface area contributed by atoms with Crippen LogP contribution in [0.25, 0.3) is 0 Å². The summed E-state index contributed by atoms with van der Waals surface area (Å²) in [6, 6.07) is 3.90. The first-order valence-electron chi connectivity index (χ1n) is 7.90. The van der Waals surface area contributed by atoms with Gasteiger partial charge in [-0.1, -0.05) is 19.8 Å². The Balaban J connectivity index is 0.00000441. The fourth-order valence-corrected chi connectivity index (χ4v) is 1.87. The zero-order valence-electron chi connectivity index (χ0n) is 13.9. The first-order chi connectivity index (χ1) is 10.3. The second-order valence-corrected chi connectivity index (χ2v) is 4.76. The van der Waals surface area contributed by atoms with E-state index in [-0.39, 0.29) is 24.0 Å². The Bertz CT molecular complexity index is 426. The zero-order chi connectivity index (χ0) is 15.3. The number of aromatic nitrogens is 1. The van der Waals surface area contributed by atoms with Crippen LogP contribution in [0.3, 0.4) is 0 Å². The highest BCUT2D eigenvalue weighted by molar-refractivity contribution is 14.0. The van der Waals surface area contributed by atoms with E-state index in [0.29, 0.717) is 19.0 Å². The number of ether oxygens (including phenoxy) is 1. The number of rotatable bonds is 9. The predicted molar refractivity (Wildman–Crippen MR) is 103 cm³/mol. The standard InChI is InChI=1S/C16H28N4O.HI/c1-4-7-8-10-19-16(17-5-2)20-13-14-9-11-18-15(12-14)21-6-3;/h9,11-12H,4-8,10,13H2,1-3H3,(H2,17,19,20);1H. The molecule has 0 aliphatic carbocycles. The van der Waals surface area contributed by atoms with Gasteiger partial charge < -0.3 is 15.4 Å². The number of unbranched alkanes of at least 4 members (excludes halogenated alkanes) is 2. The Labute approximate surface area is 151 Å². The lowest BCUT2D eigenvalue weighted by Gasteiger charge is -2.11. The molecule has 1 heterocycles. The summed E-state index contributed by atoms with van der Waals surface area (Å²) in [6.45, 7) is 9.30. The smallest absolute Gasteiger partial charge is 0.213 e. The van der Waals surface area contributed by atoms with Crippen molar-refractivity contribution in [1.29, 1.82) is 0 Å². The van der Waals surface area contributed by atoms with Gasteiger partial charge in [0.2, 0.25) is 5.88 Å². The van der Waals surface area contributed by atoms with Gasteiger partial charge in [0, 0.05) is 25.4 Å². The monoisotopic (exact) mass is 420 g/mol. The summed E-state index contributed by atoms with van der Waals surface area (Å²) >= 11 is 0. The summed E-state index contributed by atoms with van der Waals surface area (Å²) in [4.78, 5) is 8.75. The van der Waals surface area contributed by atoms with Crippen LogP contribution >= 0.6 is 24.0 Å². The minimum Gasteiger partial charge on any atom is -0.478 e. The predicted octanol–water partition coefficient (Wildman–Crippen LogP) is 3.34. The summed E-state index contributed by atoms with van der Waals surface area (Å²) in [5, 5.41) is 6.62. The lowest BCUT2D eigenvalue weighted by Crippen LogP contribution is -2.37. The third kappa shape index (κ3) is 9.07. The van der Waals surface area contributed by atoms with E-state index < -0.39 is 0 Å². The number of guanidine groups is 1. The van der Waals surface area contributed by atoms with Crippen molar-refractivity contribution in [2.45, 2.75) is 46.6 Å². The molecule has 0 aromatic carbocycles. The summed E-state index contributed by atoms with van der Waals surface area (Å²) in [5.41, 5.74) is 1.10. The van der Waals surface area contributed by atoms with E-state index in [1.54, 1.807) is 6.20 Å². The second-order valence-electron chi connectivity index (χ2n) is 4.76. The van der Waals surface area contributed by atoms with E-state index in [1.165, 1.54) is 19.3 Å². The van der Waals surface area contributed by atoms with Crippen molar-refractivity contribution in [1.82, 2.24) is 15.6 Å². The molecule has 1 aromatic heterocycles. The third-order valence-corrected chi connectivity index (χ3v) is 2.93. The van der Waals surface area contributed by atoms with Gasteiger partial charge in [-0.05, 0) is 31.9 Å². The molecule has 0 aliphatic rings. The quantitative estimate of drug-likeness (QED) is 0.279. The molecule has 1 aromatic rings. The SMILES string of the molecule is CCCCCNC(=NCc1ccnc(OCC)c1)NCC.I. The zero-order valence-corrected chi connectivity index (χ0v) is 16.2. The van der Waals surface area contributed by atoms with Gasteiger partial charge in [0.25, 0.3) is 0 Å². The number of halogens is 1. The van der Waals surface area contributed by atoms with Gasteiger partial charge in [-0.2, -0.15) is 0 Å². The molecule has 0 unspecified atom stereocenters. The van der Waals surface area contributed by atoms with Gasteiger partial charge in [-0.3, -0.25) is 0 Å². The van der Waals surface area contributed by atoms with E-state index >= 15 is 0 Å².